The Morgan fingerprint density at radius 1 is 1.59 bits per heavy atom. The van der Waals surface area contributed by atoms with Gasteiger partial charge in [-0.15, -0.1) is 0 Å². The van der Waals surface area contributed by atoms with Crippen molar-refractivity contribution < 1.29 is 0 Å². The highest BCUT2D eigenvalue weighted by atomic mass is 35.5. The summed E-state index contributed by atoms with van der Waals surface area (Å²) in [5, 5.41) is 7.88. The first-order valence-electron chi connectivity index (χ1n) is 5.63. The van der Waals surface area contributed by atoms with Gasteiger partial charge in [-0.1, -0.05) is 25.4 Å². The maximum Gasteiger partial charge on any atom is 0.147 e. The molecule has 0 aliphatic heterocycles. The summed E-state index contributed by atoms with van der Waals surface area (Å²) in [4.78, 5) is 6.24. The van der Waals surface area contributed by atoms with Crippen LogP contribution in [0.15, 0.2) is 12.3 Å². The highest BCUT2D eigenvalue weighted by molar-refractivity contribution is 6.36. The van der Waals surface area contributed by atoms with Gasteiger partial charge in [0.25, 0.3) is 0 Å². The van der Waals surface area contributed by atoms with Crippen LogP contribution in [0.1, 0.15) is 25.8 Å². The molecule has 0 atom stereocenters. The number of nitrogens with one attached hydrogen (secondary N) is 1. The van der Waals surface area contributed by atoms with Gasteiger partial charge in [-0.3, -0.25) is 5.41 Å². The summed E-state index contributed by atoms with van der Waals surface area (Å²) < 4.78 is 0. The summed E-state index contributed by atoms with van der Waals surface area (Å²) in [5.41, 5.74) is 5.99. The van der Waals surface area contributed by atoms with Crippen molar-refractivity contribution in [1.29, 1.82) is 5.41 Å². The standard InChI is InChI=1S/C12H19ClN4/c1-8(2)5-7-17(3)12-10(13)9(11(14)15)4-6-16-12/h4,6,8H,5,7H2,1-3H3,(H3,14,15). The quantitative estimate of drug-likeness (QED) is 0.627. The maximum atomic E-state index is 7.43. The first-order chi connectivity index (χ1) is 7.93. The zero-order valence-electron chi connectivity index (χ0n) is 10.5. The predicted molar refractivity (Wildman–Crippen MR) is 73.0 cm³/mol. The second kappa shape index (κ2) is 5.87. The number of hydrogen-bond acceptors (Lipinski definition) is 3. The molecule has 0 saturated heterocycles. The van der Waals surface area contributed by atoms with Gasteiger partial charge in [-0.2, -0.15) is 0 Å². The number of nitrogens with zero attached hydrogens (tertiary/aromatic N) is 2. The van der Waals surface area contributed by atoms with E-state index in [2.05, 4.69) is 18.8 Å². The molecule has 4 nitrogen and oxygen atoms in total. The fourth-order valence-corrected chi connectivity index (χ4v) is 1.82. The average Bonchev–Trinajstić information content (AvgIpc) is 2.25. The number of amidine groups is 1. The molecule has 5 heteroatoms. The van der Waals surface area contributed by atoms with E-state index < -0.39 is 0 Å². The molecule has 0 spiro atoms. The lowest BCUT2D eigenvalue weighted by Gasteiger charge is -2.21. The molecule has 0 aliphatic rings. The van der Waals surface area contributed by atoms with Gasteiger partial charge < -0.3 is 10.6 Å². The van der Waals surface area contributed by atoms with E-state index >= 15 is 0 Å². The molecule has 3 N–H and O–H groups in total. The smallest absolute Gasteiger partial charge is 0.147 e. The van der Waals surface area contributed by atoms with Crippen LogP contribution in [0.5, 0.6) is 0 Å². The minimum atomic E-state index is -0.0316. The van der Waals surface area contributed by atoms with E-state index in [9.17, 15) is 0 Å². The van der Waals surface area contributed by atoms with Crippen LogP contribution in [0, 0.1) is 11.3 Å². The molecular formula is C12H19ClN4. The molecule has 17 heavy (non-hydrogen) atoms. The van der Waals surface area contributed by atoms with Crippen LogP contribution in [0.3, 0.4) is 0 Å². The summed E-state index contributed by atoms with van der Waals surface area (Å²) in [7, 11) is 1.94. The molecule has 1 rings (SSSR count). The highest BCUT2D eigenvalue weighted by Crippen LogP contribution is 2.26. The lowest BCUT2D eigenvalue weighted by molar-refractivity contribution is 0.583. The largest absolute Gasteiger partial charge is 0.384 e. The summed E-state index contributed by atoms with van der Waals surface area (Å²) in [5.74, 6) is 1.28. The number of nitrogen functional groups attached to an aromatic ring is 1. The van der Waals surface area contributed by atoms with E-state index in [0.29, 0.717) is 22.3 Å². The van der Waals surface area contributed by atoms with Crippen molar-refractivity contribution in [2.45, 2.75) is 20.3 Å². The Kier molecular flexibility index (Phi) is 4.75. The third-order valence-electron chi connectivity index (χ3n) is 2.56. The monoisotopic (exact) mass is 254 g/mol. The van der Waals surface area contributed by atoms with Crippen LogP contribution >= 0.6 is 11.6 Å². The summed E-state index contributed by atoms with van der Waals surface area (Å²) in [6.07, 6.45) is 2.70. The van der Waals surface area contributed by atoms with Gasteiger partial charge >= 0.3 is 0 Å². The molecule has 0 bridgehead atoms. The Labute approximate surface area is 107 Å². The Morgan fingerprint density at radius 2 is 2.24 bits per heavy atom. The molecule has 0 aromatic carbocycles. The Morgan fingerprint density at radius 3 is 2.76 bits per heavy atom. The Balaban J connectivity index is 2.90. The van der Waals surface area contributed by atoms with Crippen LogP contribution in [-0.2, 0) is 0 Å². The zero-order chi connectivity index (χ0) is 13.0. The summed E-state index contributed by atoms with van der Waals surface area (Å²) in [6, 6.07) is 1.66. The minimum Gasteiger partial charge on any atom is -0.384 e. The van der Waals surface area contributed by atoms with Gasteiger partial charge in [0.1, 0.15) is 11.7 Å². The van der Waals surface area contributed by atoms with Gasteiger partial charge in [-0.25, -0.2) is 4.98 Å². The van der Waals surface area contributed by atoms with Crippen molar-refractivity contribution in [3.63, 3.8) is 0 Å². The van der Waals surface area contributed by atoms with Crippen LogP contribution in [0.2, 0.25) is 5.02 Å². The molecule has 1 aromatic rings. The Bertz CT molecular complexity index is 403. The van der Waals surface area contributed by atoms with Crippen molar-refractivity contribution in [3.8, 4) is 0 Å². The van der Waals surface area contributed by atoms with Crippen molar-refractivity contribution >= 4 is 23.3 Å². The zero-order valence-corrected chi connectivity index (χ0v) is 11.3. The Hall–Kier alpha value is -1.29. The lowest BCUT2D eigenvalue weighted by atomic mass is 10.1. The molecule has 0 fully saturated rings. The summed E-state index contributed by atoms with van der Waals surface area (Å²) in [6.45, 7) is 5.23. The number of halogens is 1. The van der Waals surface area contributed by atoms with Gasteiger partial charge in [0.05, 0.1) is 5.02 Å². The predicted octanol–water partition coefficient (Wildman–Crippen LogP) is 2.50. The van der Waals surface area contributed by atoms with Crippen molar-refractivity contribution in [2.75, 3.05) is 18.5 Å². The van der Waals surface area contributed by atoms with Crippen LogP contribution < -0.4 is 10.6 Å². The first-order valence-corrected chi connectivity index (χ1v) is 6.01. The third kappa shape index (κ3) is 3.60. The molecular weight excluding hydrogens is 236 g/mol. The van der Waals surface area contributed by atoms with Crippen LogP contribution in [-0.4, -0.2) is 24.4 Å². The van der Waals surface area contributed by atoms with Crippen molar-refractivity contribution in [1.82, 2.24) is 4.98 Å². The second-order valence-electron chi connectivity index (χ2n) is 4.51. The second-order valence-corrected chi connectivity index (χ2v) is 4.89. The molecule has 1 aromatic heterocycles. The van der Waals surface area contributed by atoms with E-state index in [4.69, 9.17) is 22.7 Å². The van der Waals surface area contributed by atoms with Crippen LogP contribution in [0.25, 0.3) is 0 Å². The minimum absolute atomic E-state index is 0.0316. The number of nitrogens with two attached hydrogens (primary N) is 1. The van der Waals surface area contributed by atoms with E-state index in [1.165, 1.54) is 0 Å². The van der Waals surface area contributed by atoms with E-state index in [0.717, 1.165) is 13.0 Å². The first kappa shape index (κ1) is 13.8. The SMILES string of the molecule is CC(C)CCN(C)c1nccc(C(=N)N)c1Cl. The third-order valence-corrected chi connectivity index (χ3v) is 2.94. The molecule has 0 aliphatic carbocycles. The molecule has 0 amide bonds. The average molecular weight is 255 g/mol. The number of hydrogen-bond donors (Lipinski definition) is 2. The normalized spacial score (nSPS) is 10.6. The topological polar surface area (TPSA) is 66.0 Å². The van der Waals surface area contributed by atoms with Gasteiger partial charge in [0, 0.05) is 25.4 Å². The van der Waals surface area contributed by atoms with E-state index in [1.54, 1.807) is 12.3 Å². The molecule has 0 unspecified atom stereocenters. The van der Waals surface area contributed by atoms with Crippen molar-refractivity contribution in [3.05, 3.63) is 22.8 Å². The lowest BCUT2D eigenvalue weighted by Crippen LogP contribution is -2.22. The van der Waals surface area contributed by atoms with E-state index in [-0.39, 0.29) is 5.84 Å². The van der Waals surface area contributed by atoms with Crippen LogP contribution in [0.4, 0.5) is 5.82 Å². The van der Waals surface area contributed by atoms with E-state index in [1.807, 2.05) is 11.9 Å². The number of anilines is 1. The molecule has 1 heterocycles. The van der Waals surface area contributed by atoms with Crippen molar-refractivity contribution in [2.24, 2.45) is 11.7 Å². The number of aromatic nitrogens is 1. The molecule has 94 valence electrons. The van der Waals surface area contributed by atoms with Gasteiger partial charge in [-0.05, 0) is 18.4 Å². The van der Waals surface area contributed by atoms with Gasteiger partial charge in [0.15, 0.2) is 0 Å². The summed E-state index contributed by atoms with van der Waals surface area (Å²) >= 11 is 6.19. The number of pyridine rings is 1. The van der Waals surface area contributed by atoms with Gasteiger partial charge in [0.2, 0.25) is 0 Å². The molecule has 0 saturated carbocycles. The highest BCUT2D eigenvalue weighted by Gasteiger charge is 2.13. The fraction of sp³-hybridized carbons (Fsp3) is 0.500. The maximum absolute atomic E-state index is 7.43. The number of rotatable bonds is 5. The fourth-order valence-electron chi connectivity index (χ4n) is 1.46. The molecule has 0 radical (unpaired) electrons.